The van der Waals surface area contributed by atoms with Gasteiger partial charge < -0.3 is 9.31 Å². The van der Waals surface area contributed by atoms with Crippen LogP contribution in [0.3, 0.4) is 0 Å². The normalized spacial score (nSPS) is 24.3. The minimum atomic E-state index is -0.292. The second-order valence-electron chi connectivity index (χ2n) is 2.74. The molecule has 2 nitrogen and oxygen atoms in total. The highest BCUT2D eigenvalue weighted by Crippen LogP contribution is 2.28. The molecule has 0 atom stereocenters. The molecule has 0 bridgehead atoms. The van der Waals surface area contributed by atoms with E-state index in [9.17, 15) is 0 Å². The van der Waals surface area contributed by atoms with Crippen molar-refractivity contribution in [2.24, 2.45) is 0 Å². The molecule has 0 aromatic carbocycles. The molecule has 0 unspecified atom stereocenters. The Kier molecular flexibility index (Phi) is 1.32. The summed E-state index contributed by atoms with van der Waals surface area (Å²) in [6.45, 7) is 9.46. The molecule has 9 heavy (non-hydrogen) atoms. The Morgan fingerprint density at radius 3 is 2.22 bits per heavy atom. The lowest BCUT2D eigenvalue weighted by Gasteiger charge is -2.15. The maximum Gasteiger partial charge on any atom is 0.522 e. The Bertz CT molecular complexity index is 142. The Balaban J connectivity index is 2.70. The lowest BCUT2D eigenvalue weighted by Crippen LogP contribution is -2.21. The van der Waals surface area contributed by atoms with Crippen LogP contribution >= 0.6 is 0 Å². The van der Waals surface area contributed by atoms with Crippen molar-refractivity contribution in [3.05, 3.63) is 12.3 Å². The molecule has 3 heteroatoms. The zero-order valence-electron chi connectivity index (χ0n) is 6.10. The Hall–Kier alpha value is -0.435. The molecule has 1 rings (SSSR count). The van der Waals surface area contributed by atoms with Gasteiger partial charge in [-0.2, -0.15) is 0 Å². The van der Waals surface area contributed by atoms with E-state index >= 15 is 0 Å². The second-order valence-corrected chi connectivity index (χ2v) is 2.74. The van der Waals surface area contributed by atoms with Gasteiger partial charge >= 0.3 is 7.12 Å². The summed E-state index contributed by atoms with van der Waals surface area (Å²) in [5, 5.41) is 0. The fraction of sp³-hybridized carbons (Fsp3) is 0.667. The SMILES string of the molecule is C=C1OB(C)OC1(C)C. The van der Waals surface area contributed by atoms with Crippen LogP contribution in [0.15, 0.2) is 12.3 Å². The highest BCUT2D eigenvalue weighted by molar-refractivity contribution is 6.44. The highest BCUT2D eigenvalue weighted by Gasteiger charge is 2.37. The van der Waals surface area contributed by atoms with Crippen LogP contribution in [0.1, 0.15) is 13.8 Å². The van der Waals surface area contributed by atoms with Gasteiger partial charge in [0, 0.05) is 0 Å². The predicted molar refractivity (Wildman–Crippen MR) is 37.0 cm³/mol. The van der Waals surface area contributed by atoms with E-state index < -0.39 is 0 Å². The van der Waals surface area contributed by atoms with E-state index in [1.54, 1.807) is 0 Å². The van der Waals surface area contributed by atoms with Gasteiger partial charge in [-0.3, -0.25) is 0 Å². The molecular weight excluding hydrogens is 115 g/mol. The summed E-state index contributed by atoms with van der Waals surface area (Å²) in [6, 6.07) is 0. The number of hydrogen-bond acceptors (Lipinski definition) is 2. The van der Waals surface area contributed by atoms with Crippen molar-refractivity contribution in [1.29, 1.82) is 0 Å². The third-order valence-electron chi connectivity index (χ3n) is 1.44. The summed E-state index contributed by atoms with van der Waals surface area (Å²) in [6.07, 6.45) is 0. The summed E-state index contributed by atoms with van der Waals surface area (Å²) in [7, 11) is -0.132. The lowest BCUT2D eigenvalue weighted by atomic mass is 9.96. The predicted octanol–water partition coefficient (Wildman–Crippen LogP) is 1.44. The second kappa shape index (κ2) is 1.77. The summed E-state index contributed by atoms with van der Waals surface area (Å²) in [5.41, 5.74) is -0.292. The molecule has 0 aliphatic carbocycles. The van der Waals surface area contributed by atoms with Crippen molar-refractivity contribution < 1.29 is 9.31 Å². The van der Waals surface area contributed by atoms with Crippen LogP contribution < -0.4 is 0 Å². The molecule has 1 fully saturated rings. The third-order valence-corrected chi connectivity index (χ3v) is 1.44. The minimum Gasteiger partial charge on any atom is -0.538 e. The van der Waals surface area contributed by atoms with E-state index in [1.165, 1.54) is 0 Å². The first-order valence-corrected chi connectivity index (χ1v) is 3.06. The first-order valence-electron chi connectivity index (χ1n) is 3.06. The highest BCUT2D eigenvalue weighted by atomic mass is 16.7. The maximum atomic E-state index is 5.34. The Morgan fingerprint density at radius 2 is 2.11 bits per heavy atom. The van der Waals surface area contributed by atoms with Gasteiger partial charge in [0.2, 0.25) is 0 Å². The molecule has 1 saturated heterocycles. The summed E-state index contributed by atoms with van der Waals surface area (Å²) < 4.78 is 10.5. The maximum absolute atomic E-state index is 5.34. The van der Waals surface area contributed by atoms with Crippen LogP contribution in [0, 0.1) is 0 Å². The van der Waals surface area contributed by atoms with E-state index in [0.29, 0.717) is 0 Å². The van der Waals surface area contributed by atoms with Gasteiger partial charge in [0.25, 0.3) is 0 Å². The molecule has 0 spiro atoms. The molecule has 0 N–H and O–H groups in total. The smallest absolute Gasteiger partial charge is 0.522 e. The molecule has 0 radical (unpaired) electrons. The molecular formula is C6H11BO2. The van der Waals surface area contributed by atoms with Gasteiger partial charge in [-0.05, 0) is 20.7 Å². The van der Waals surface area contributed by atoms with Crippen molar-refractivity contribution in [2.45, 2.75) is 26.3 Å². The average molecular weight is 126 g/mol. The van der Waals surface area contributed by atoms with E-state index in [2.05, 4.69) is 6.58 Å². The van der Waals surface area contributed by atoms with Gasteiger partial charge in [0.15, 0.2) is 0 Å². The van der Waals surface area contributed by atoms with Crippen LogP contribution in [-0.4, -0.2) is 12.7 Å². The first kappa shape index (κ1) is 6.68. The molecule has 1 aliphatic rings. The zero-order chi connectivity index (χ0) is 7.07. The quantitative estimate of drug-likeness (QED) is 0.457. The van der Waals surface area contributed by atoms with Crippen LogP contribution in [0.25, 0.3) is 0 Å². The van der Waals surface area contributed by atoms with Gasteiger partial charge in [-0.1, -0.05) is 6.58 Å². The summed E-state index contributed by atoms with van der Waals surface area (Å²) in [4.78, 5) is 0. The number of rotatable bonds is 0. The van der Waals surface area contributed by atoms with Crippen LogP contribution in [0.2, 0.25) is 6.82 Å². The molecule has 0 aromatic rings. The lowest BCUT2D eigenvalue weighted by molar-refractivity contribution is 0.171. The summed E-state index contributed by atoms with van der Waals surface area (Å²) in [5.74, 6) is 0.718. The molecule has 0 aromatic heterocycles. The van der Waals surface area contributed by atoms with Gasteiger partial charge in [0.05, 0.1) is 5.76 Å². The van der Waals surface area contributed by atoms with Crippen molar-refractivity contribution in [3.8, 4) is 0 Å². The van der Waals surface area contributed by atoms with Crippen LogP contribution in [-0.2, 0) is 9.31 Å². The molecule has 1 aliphatic heterocycles. The van der Waals surface area contributed by atoms with E-state index in [1.807, 2.05) is 20.7 Å². The van der Waals surface area contributed by atoms with Crippen molar-refractivity contribution >= 4 is 7.12 Å². The fourth-order valence-electron chi connectivity index (χ4n) is 0.847. The fourth-order valence-corrected chi connectivity index (χ4v) is 0.847. The number of hydrogen-bond donors (Lipinski definition) is 0. The Morgan fingerprint density at radius 1 is 1.56 bits per heavy atom. The minimum absolute atomic E-state index is 0.132. The molecule has 50 valence electrons. The van der Waals surface area contributed by atoms with Crippen LogP contribution in [0.5, 0.6) is 0 Å². The van der Waals surface area contributed by atoms with Gasteiger partial charge in [-0.15, -0.1) is 0 Å². The zero-order valence-corrected chi connectivity index (χ0v) is 6.10. The van der Waals surface area contributed by atoms with E-state index in [-0.39, 0.29) is 12.7 Å². The molecule has 1 heterocycles. The molecule has 0 saturated carbocycles. The third kappa shape index (κ3) is 1.10. The molecule has 0 amide bonds. The standard InChI is InChI=1S/C6H11BO2/c1-5-6(2,3)9-7(4)8-5/h1H2,2-4H3. The topological polar surface area (TPSA) is 18.5 Å². The largest absolute Gasteiger partial charge is 0.538 e. The van der Waals surface area contributed by atoms with Gasteiger partial charge in [-0.25, -0.2) is 0 Å². The van der Waals surface area contributed by atoms with Crippen molar-refractivity contribution in [3.63, 3.8) is 0 Å². The Labute approximate surface area is 56.0 Å². The van der Waals surface area contributed by atoms with Crippen molar-refractivity contribution in [1.82, 2.24) is 0 Å². The summed E-state index contributed by atoms with van der Waals surface area (Å²) >= 11 is 0. The van der Waals surface area contributed by atoms with E-state index in [0.717, 1.165) is 5.76 Å². The van der Waals surface area contributed by atoms with Crippen LogP contribution in [0.4, 0.5) is 0 Å². The van der Waals surface area contributed by atoms with Gasteiger partial charge in [0.1, 0.15) is 5.60 Å². The van der Waals surface area contributed by atoms with E-state index in [4.69, 9.17) is 9.31 Å². The van der Waals surface area contributed by atoms with Crippen molar-refractivity contribution in [2.75, 3.05) is 0 Å². The average Bonchev–Trinajstić information content (AvgIpc) is 1.79. The first-order chi connectivity index (χ1) is 4.02. The monoisotopic (exact) mass is 126 g/mol.